The summed E-state index contributed by atoms with van der Waals surface area (Å²) < 4.78 is 11.4. The number of hydrogen-bond donors (Lipinski definition) is 1. The molecule has 130 valence electrons. The average molecular weight is 341 g/mol. The fourth-order valence-corrected chi connectivity index (χ4v) is 2.66. The maximum Gasteiger partial charge on any atom is 0.263 e. The lowest BCUT2D eigenvalue weighted by molar-refractivity contribution is -0.146. The van der Waals surface area contributed by atoms with Crippen LogP contribution >= 0.6 is 0 Å². The fraction of sp³-hybridized carbons (Fsp3) is 0.412. The molecular weight excluding hydrogens is 322 g/mol. The molecule has 1 saturated heterocycles. The number of carbonyl (C=O) groups excluding carboxylic acids is 1. The summed E-state index contributed by atoms with van der Waals surface area (Å²) in [6, 6.07) is 8.80. The van der Waals surface area contributed by atoms with Crippen LogP contribution in [0.1, 0.15) is 30.2 Å². The molecule has 1 aromatic heterocycles. The van der Waals surface area contributed by atoms with Crippen molar-refractivity contribution in [3.63, 3.8) is 0 Å². The number of H-pyrrole nitrogens is 1. The van der Waals surface area contributed by atoms with Gasteiger partial charge >= 0.3 is 0 Å². The molecule has 0 saturated carbocycles. The minimum Gasteiger partial charge on any atom is -0.481 e. The highest BCUT2D eigenvalue weighted by Crippen LogP contribution is 2.21. The van der Waals surface area contributed by atoms with E-state index in [1.54, 1.807) is 36.1 Å². The highest BCUT2D eigenvalue weighted by Gasteiger charge is 2.30. The number of nitriles is 1. The number of nitrogens with one attached hydrogen (secondary N) is 1. The van der Waals surface area contributed by atoms with Crippen molar-refractivity contribution in [2.45, 2.75) is 26.1 Å². The van der Waals surface area contributed by atoms with Gasteiger partial charge in [-0.2, -0.15) is 10.4 Å². The molecule has 1 N–H and O–H groups in total. The Morgan fingerprint density at radius 1 is 1.56 bits per heavy atom. The first-order chi connectivity index (χ1) is 12.1. The van der Waals surface area contributed by atoms with Crippen LogP contribution < -0.4 is 4.74 Å². The first kappa shape index (κ1) is 16.9. The number of rotatable bonds is 4. The van der Waals surface area contributed by atoms with E-state index < -0.39 is 6.10 Å². The molecule has 8 heteroatoms. The molecule has 0 aliphatic carbocycles. The van der Waals surface area contributed by atoms with Gasteiger partial charge in [0.1, 0.15) is 17.7 Å². The summed E-state index contributed by atoms with van der Waals surface area (Å²) >= 11 is 0. The van der Waals surface area contributed by atoms with Crippen LogP contribution in [0.25, 0.3) is 0 Å². The maximum atomic E-state index is 12.7. The summed E-state index contributed by atoms with van der Waals surface area (Å²) in [6.45, 7) is 4.80. The van der Waals surface area contributed by atoms with E-state index in [4.69, 9.17) is 14.7 Å². The van der Waals surface area contributed by atoms with E-state index in [-0.39, 0.29) is 12.0 Å². The number of aromatic nitrogens is 3. The molecule has 8 nitrogen and oxygen atoms in total. The fourth-order valence-electron chi connectivity index (χ4n) is 2.66. The average Bonchev–Trinajstić information content (AvgIpc) is 3.07. The summed E-state index contributed by atoms with van der Waals surface area (Å²) in [7, 11) is 0. The molecule has 2 atom stereocenters. The Kier molecular flexibility index (Phi) is 4.95. The molecule has 3 rings (SSSR count). The first-order valence-corrected chi connectivity index (χ1v) is 8.03. The highest BCUT2D eigenvalue weighted by atomic mass is 16.5. The quantitative estimate of drug-likeness (QED) is 0.900. The van der Waals surface area contributed by atoms with Crippen LogP contribution in [0.15, 0.2) is 24.3 Å². The van der Waals surface area contributed by atoms with Crippen LogP contribution in [0, 0.1) is 18.3 Å². The number of aromatic amines is 1. The van der Waals surface area contributed by atoms with Crippen molar-refractivity contribution >= 4 is 5.91 Å². The number of aryl methyl sites for hydroxylation is 1. The Hall–Kier alpha value is -2.92. The monoisotopic (exact) mass is 341 g/mol. The van der Waals surface area contributed by atoms with Crippen LogP contribution in [0.4, 0.5) is 0 Å². The third-order valence-electron chi connectivity index (χ3n) is 3.90. The molecule has 1 aromatic carbocycles. The second-order valence-electron chi connectivity index (χ2n) is 5.82. The Balaban J connectivity index is 1.64. The molecule has 1 aliphatic rings. The number of benzene rings is 1. The topological polar surface area (TPSA) is 104 Å². The first-order valence-electron chi connectivity index (χ1n) is 8.03. The van der Waals surface area contributed by atoms with Gasteiger partial charge in [0.25, 0.3) is 5.91 Å². The van der Waals surface area contributed by atoms with Gasteiger partial charge in [0.2, 0.25) is 0 Å². The standard InChI is InChI=1S/C17H19N5O3/c1-11(25-14-5-3-4-13(8-14)9-18)17(23)22-6-7-24-15(10-22)16-19-12(2)20-21-16/h3-5,8,11,15H,6-7,10H2,1-2H3,(H,19,20,21)/t11-,15-/m0/s1. The van der Waals surface area contributed by atoms with Crippen LogP contribution in [0.2, 0.25) is 0 Å². The smallest absolute Gasteiger partial charge is 0.263 e. The molecule has 0 unspecified atom stereocenters. The number of nitrogens with zero attached hydrogens (tertiary/aromatic N) is 4. The molecule has 2 aromatic rings. The van der Waals surface area contributed by atoms with Crippen molar-refractivity contribution in [2.75, 3.05) is 19.7 Å². The van der Waals surface area contributed by atoms with Gasteiger partial charge in [-0.05, 0) is 32.0 Å². The normalized spacial score (nSPS) is 18.4. The van der Waals surface area contributed by atoms with Crippen LogP contribution in [-0.4, -0.2) is 51.8 Å². The van der Waals surface area contributed by atoms with E-state index >= 15 is 0 Å². The van der Waals surface area contributed by atoms with Crippen molar-refractivity contribution in [3.8, 4) is 11.8 Å². The van der Waals surface area contributed by atoms with Crippen molar-refractivity contribution in [2.24, 2.45) is 0 Å². The molecule has 1 fully saturated rings. The minimum absolute atomic E-state index is 0.136. The molecule has 0 spiro atoms. The third kappa shape index (κ3) is 3.95. The molecular formula is C17H19N5O3. The summed E-state index contributed by atoms with van der Waals surface area (Å²) in [4.78, 5) is 18.6. The second kappa shape index (κ2) is 7.32. The van der Waals surface area contributed by atoms with Gasteiger partial charge in [0.15, 0.2) is 11.9 Å². The highest BCUT2D eigenvalue weighted by molar-refractivity contribution is 5.81. The predicted octanol–water partition coefficient (Wildman–Crippen LogP) is 1.35. The lowest BCUT2D eigenvalue weighted by Gasteiger charge is -2.33. The summed E-state index contributed by atoms with van der Waals surface area (Å²) in [5, 5.41) is 15.8. The summed E-state index contributed by atoms with van der Waals surface area (Å²) in [5.74, 6) is 1.61. The zero-order valence-electron chi connectivity index (χ0n) is 14.1. The number of hydrogen-bond acceptors (Lipinski definition) is 6. The Morgan fingerprint density at radius 3 is 3.12 bits per heavy atom. The largest absolute Gasteiger partial charge is 0.481 e. The predicted molar refractivity (Wildman–Crippen MR) is 87.6 cm³/mol. The Morgan fingerprint density at radius 2 is 2.40 bits per heavy atom. The molecule has 1 aliphatic heterocycles. The Labute approximate surface area is 145 Å². The molecule has 25 heavy (non-hydrogen) atoms. The van der Waals surface area contributed by atoms with E-state index in [0.717, 1.165) is 0 Å². The van der Waals surface area contributed by atoms with E-state index in [9.17, 15) is 4.79 Å². The SMILES string of the molecule is Cc1nc([C@@H]2CN(C(=O)[C@H](C)Oc3cccc(C#N)c3)CCO2)n[nH]1. The van der Waals surface area contributed by atoms with E-state index in [2.05, 4.69) is 21.3 Å². The van der Waals surface area contributed by atoms with Crippen molar-refractivity contribution in [3.05, 3.63) is 41.5 Å². The van der Waals surface area contributed by atoms with Crippen molar-refractivity contribution in [1.82, 2.24) is 20.1 Å². The van der Waals surface area contributed by atoms with Gasteiger partial charge in [0.05, 0.1) is 24.8 Å². The minimum atomic E-state index is -0.665. The van der Waals surface area contributed by atoms with E-state index in [0.29, 0.717) is 42.7 Å². The zero-order valence-corrected chi connectivity index (χ0v) is 14.1. The number of amides is 1. The Bertz CT molecular complexity index is 798. The van der Waals surface area contributed by atoms with E-state index in [1.807, 2.05) is 6.92 Å². The van der Waals surface area contributed by atoms with Gasteiger partial charge in [-0.1, -0.05) is 6.07 Å². The molecule has 2 heterocycles. The molecule has 0 bridgehead atoms. The van der Waals surface area contributed by atoms with Gasteiger partial charge in [0, 0.05) is 6.54 Å². The van der Waals surface area contributed by atoms with Gasteiger partial charge in [-0.3, -0.25) is 9.89 Å². The zero-order chi connectivity index (χ0) is 17.8. The second-order valence-corrected chi connectivity index (χ2v) is 5.82. The van der Waals surface area contributed by atoms with Crippen LogP contribution in [-0.2, 0) is 9.53 Å². The van der Waals surface area contributed by atoms with Crippen LogP contribution in [0.5, 0.6) is 5.75 Å². The lowest BCUT2D eigenvalue weighted by atomic mass is 10.2. The van der Waals surface area contributed by atoms with Crippen LogP contribution in [0.3, 0.4) is 0 Å². The summed E-state index contributed by atoms with van der Waals surface area (Å²) in [6.07, 6.45) is -1.02. The number of morpholine rings is 1. The third-order valence-corrected chi connectivity index (χ3v) is 3.90. The van der Waals surface area contributed by atoms with Gasteiger partial charge in [-0.15, -0.1) is 0 Å². The van der Waals surface area contributed by atoms with E-state index in [1.165, 1.54) is 0 Å². The maximum absolute atomic E-state index is 12.7. The number of ether oxygens (including phenoxy) is 2. The van der Waals surface area contributed by atoms with Gasteiger partial charge in [-0.25, -0.2) is 4.98 Å². The molecule has 1 amide bonds. The lowest BCUT2D eigenvalue weighted by Crippen LogP contribution is -2.47. The number of carbonyl (C=O) groups is 1. The molecule has 0 radical (unpaired) electrons. The van der Waals surface area contributed by atoms with Gasteiger partial charge < -0.3 is 14.4 Å². The van der Waals surface area contributed by atoms with Crippen molar-refractivity contribution < 1.29 is 14.3 Å². The summed E-state index contributed by atoms with van der Waals surface area (Å²) in [5.41, 5.74) is 0.489. The van der Waals surface area contributed by atoms with Crippen molar-refractivity contribution in [1.29, 1.82) is 5.26 Å².